The van der Waals surface area contributed by atoms with Gasteiger partial charge in [0.25, 0.3) is 0 Å². The first-order valence-electron chi connectivity index (χ1n) is 19.4. The highest BCUT2D eigenvalue weighted by atomic mass is 16.5. The number of nitrogens with zero attached hydrogens (tertiary/aromatic N) is 3. The number of benzene rings is 4. The summed E-state index contributed by atoms with van der Waals surface area (Å²) in [4.78, 5) is 7.00. The molecule has 0 amide bonds. The maximum absolute atomic E-state index is 11.2. The van der Waals surface area contributed by atoms with Crippen LogP contribution in [0.15, 0.2) is 66.7 Å². The number of aliphatic hydroxyl groups is 2. The number of piperidine rings is 1. The Balaban J connectivity index is 1.24. The van der Waals surface area contributed by atoms with Crippen LogP contribution in [0.3, 0.4) is 0 Å². The van der Waals surface area contributed by atoms with Crippen LogP contribution in [0.25, 0.3) is 0 Å². The van der Waals surface area contributed by atoms with Crippen LogP contribution in [0.2, 0.25) is 0 Å². The Morgan fingerprint density at radius 2 is 1.43 bits per heavy atom. The van der Waals surface area contributed by atoms with Crippen LogP contribution in [-0.2, 0) is 25.7 Å². The second-order valence-corrected chi connectivity index (χ2v) is 15.4. The summed E-state index contributed by atoms with van der Waals surface area (Å²) in [5.41, 5.74) is 7.12. The quantitative estimate of drug-likeness (QED) is 0.224. The van der Waals surface area contributed by atoms with Gasteiger partial charge in [0.2, 0.25) is 5.75 Å². The number of hydrogen-bond donors (Lipinski definition) is 2. The van der Waals surface area contributed by atoms with Crippen LogP contribution in [-0.4, -0.2) is 105 Å². The average Bonchev–Trinajstić information content (AvgIpc) is 3.17. The van der Waals surface area contributed by atoms with Gasteiger partial charge in [-0.1, -0.05) is 24.3 Å². The molecule has 0 saturated carbocycles. The molecule has 0 aliphatic carbocycles. The van der Waals surface area contributed by atoms with Crippen molar-refractivity contribution in [2.24, 2.45) is 0 Å². The average molecular weight is 736 g/mol. The molecular weight excluding hydrogens is 682 g/mol. The van der Waals surface area contributed by atoms with E-state index in [1.165, 1.54) is 16.7 Å². The first kappa shape index (κ1) is 36.6. The van der Waals surface area contributed by atoms with E-state index in [2.05, 4.69) is 77.3 Å². The first-order chi connectivity index (χ1) is 26.3. The monoisotopic (exact) mass is 735 g/mol. The molecule has 4 aromatic rings. The van der Waals surface area contributed by atoms with Crippen molar-refractivity contribution in [3.8, 4) is 40.2 Å². The van der Waals surface area contributed by atoms with Gasteiger partial charge in [0.05, 0.1) is 20.3 Å². The van der Waals surface area contributed by atoms with E-state index in [0.29, 0.717) is 54.6 Å². The molecule has 2 N–H and O–H groups in total. The van der Waals surface area contributed by atoms with Crippen molar-refractivity contribution in [2.75, 3.05) is 67.6 Å². The zero-order valence-electron chi connectivity index (χ0n) is 31.9. The van der Waals surface area contributed by atoms with Gasteiger partial charge < -0.3 is 38.8 Å². The van der Waals surface area contributed by atoms with E-state index in [0.717, 1.165) is 73.6 Å². The summed E-state index contributed by atoms with van der Waals surface area (Å²) in [7, 11) is 7.70. The number of likely N-dealkylation sites (N-methyl/N-ethyl adjacent to an activating group) is 2. The summed E-state index contributed by atoms with van der Waals surface area (Å²) < 4.78 is 32.0. The molecule has 4 aromatic carbocycles. The van der Waals surface area contributed by atoms with Gasteiger partial charge in [0.1, 0.15) is 24.2 Å². The summed E-state index contributed by atoms with van der Waals surface area (Å²) in [5, 5.41) is 21.2. The molecule has 5 aliphatic heterocycles. The fourth-order valence-corrected chi connectivity index (χ4v) is 8.65. The van der Waals surface area contributed by atoms with Gasteiger partial charge in [-0.05, 0) is 123 Å². The van der Waals surface area contributed by atoms with Gasteiger partial charge in [-0.25, -0.2) is 0 Å². The minimum atomic E-state index is -0.738. The Kier molecular flexibility index (Phi) is 10.7. The standard InChI is InChI=1S/C44H53N3O7/c1-45-17-13-30-8-11-35-25-36(30)37(45)21-28-5-9-34(10-6-28)53-40-23-29(7-12-39(40)50-3)22-38-42-31(14-18-46(38)2)24-41(51-4)43(44(42)54-35)52-27-33(49)26-47-19-15-32(48)16-20-47/h5-12,23-25,32-33,37-38,48-49H,13-22,26-27H2,1-4H3/t33?,37-,38-/m0/s1. The largest absolute Gasteiger partial charge is 0.493 e. The summed E-state index contributed by atoms with van der Waals surface area (Å²) in [6.07, 6.45) is 3.74. The van der Waals surface area contributed by atoms with Crippen molar-refractivity contribution in [1.29, 1.82) is 0 Å². The molecule has 0 aromatic heterocycles. The molecule has 0 spiro atoms. The highest BCUT2D eigenvalue weighted by molar-refractivity contribution is 5.63. The second kappa shape index (κ2) is 15.8. The molecule has 1 saturated heterocycles. The normalized spacial score (nSPS) is 21.2. The van der Waals surface area contributed by atoms with Gasteiger partial charge in [0, 0.05) is 50.4 Å². The SMILES string of the molecule is COc1ccc2cc1Oc1ccc(cc1)C[C@H]1c3cc(ccc3CCN1C)Oc1c(OCC(O)CN3CCC(O)CC3)c(OC)cc3c1[C@H](C2)N(C)CC3. The highest BCUT2D eigenvalue weighted by Gasteiger charge is 2.34. The Morgan fingerprint density at radius 1 is 0.741 bits per heavy atom. The lowest BCUT2D eigenvalue weighted by molar-refractivity contribution is 0.0329. The highest BCUT2D eigenvalue weighted by Crippen LogP contribution is 2.51. The van der Waals surface area contributed by atoms with Crippen molar-refractivity contribution in [1.82, 2.24) is 14.7 Å². The van der Waals surface area contributed by atoms with Crippen LogP contribution in [0.1, 0.15) is 58.3 Å². The zero-order valence-corrected chi connectivity index (χ0v) is 31.9. The molecule has 54 heavy (non-hydrogen) atoms. The van der Waals surface area contributed by atoms with E-state index in [1.807, 2.05) is 18.2 Å². The Labute approximate surface area is 318 Å². The number of fused-ring (bicyclic) bond motifs is 2. The molecular formula is C44H53N3O7. The lowest BCUT2D eigenvalue weighted by Crippen LogP contribution is -2.41. The Bertz CT molecular complexity index is 1940. The lowest BCUT2D eigenvalue weighted by atomic mass is 9.87. The smallest absolute Gasteiger partial charge is 0.204 e. The van der Waals surface area contributed by atoms with Crippen LogP contribution in [0.5, 0.6) is 40.2 Å². The molecule has 3 atom stereocenters. The van der Waals surface area contributed by atoms with Gasteiger partial charge in [-0.2, -0.15) is 0 Å². The topological polar surface area (TPSA) is 96.3 Å². The van der Waals surface area contributed by atoms with Crippen molar-refractivity contribution < 1.29 is 33.9 Å². The number of likely N-dealkylation sites (tertiary alicyclic amines) is 1. The van der Waals surface area contributed by atoms with Crippen molar-refractivity contribution >= 4 is 0 Å². The van der Waals surface area contributed by atoms with E-state index in [4.69, 9.17) is 23.7 Å². The predicted molar refractivity (Wildman–Crippen MR) is 208 cm³/mol. The number of methoxy groups -OCH3 is 2. The van der Waals surface area contributed by atoms with Crippen molar-refractivity contribution in [2.45, 2.75) is 62.8 Å². The Hall–Kier alpha value is -4.32. The molecule has 9 rings (SSSR count). The summed E-state index contributed by atoms with van der Waals surface area (Å²) in [6, 6.07) is 23.3. The van der Waals surface area contributed by atoms with Crippen LogP contribution in [0, 0.1) is 0 Å². The number of ether oxygens (including phenoxy) is 5. The third-order valence-electron chi connectivity index (χ3n) is 11.8. The fraction of sp³-hybridized carbons (Fsp3) is 0.455. The van der Waals surface area contributed by atoms with E-state index in [1.54, 1.807) is 14.2 Å². The molecule has 5 heterocycles. The third kappa shape index (κ3) is 7.63. The number of rotatable bonds is 7. The molecule has 5 aliphatic rings. The molecule has 10 heteroatoms. The maximum Gasteiger partial charge on any atom is 0.204 e. The second-order valence-electron chi connectivity index (χ2n) is 15.4. The van der Waals surface area contributed by atoms with E-state index < -0.39 is 6.10 Å². The minimum absolute atomic E-state index is 0.0578. The zero-order chi connectivity index (χ0) is 37.3. The Morgan fingerprint density at radius 3 is 2.19 bits per heavy atom. The third-order valence-corrected chi connectivity index (χ3v) is 11.8. The van der Waals surface area contributed by atoms with E-state index in [-0.39, 0.29) is 24.8 Å². The van der Waals surface area contributed by atoms with Gasteiger partial charge in [-0.3, -0.25) is 9.80 Å². The molecule has 0 radical (unpaired) electrons. The van der Waals surface area contributed by atoms with E-state index >= 15 is 0 Å². The summed E-state index contributed by atoms with van der Waals surface area (Å²) in [6.45, 7) is 3.87. The predicted octanol–water partition coefficient (Wildman–Crippen LogP) is 6.34. The number of β-amino-alcohol motifs (C(OH)–C–C–N with tert-alkyl or cyclic N) is 1. The lowest BCUT2D eigenvalue weighted by Gasteiger charge is -2.37. The maximum atomic E-state index is 11.2. The van der Waals surface area contributed by atoms with Crippen LogP contribution >= 0.6 is 0 Å². The first-order valence-corrected chi connectivity index (χ1v) is 19.4. The van der Waals surface area contributed by atoms with E-state index in [9.17, 15) is 10.2 Å². The molecule has 6 bridgehead atoms. The number of hydrogen-bond acceptors (Lipinski definition) is 10. The van der Waals surface area contributed by atoms with Crippen molar-refractivity contribution in [3.05, 3.63) is 100 Å². The van der Waals surface area contributed by atoms with Crippen LogP contribution < -0.4 is 23.7 Å². The fourth-order valence-electron chi connectivity index (χ4n) is 8.65. The molecule has 10 nitrogen and oxygen atoms in total. The van der Waals surface area contributed by atoms with Gasteiger partial charge in [-0.15, -0.1) is 0 Å². The van der Waals surface area contributed by atoms with Crippen molar-refractivity contribution in [3.63, 3.8) is 0 Å². The molecule has 1 unspecified atom stereocenters. The summed E-state index contributed by atoms with van der Waals surface area (Å²) >= 11 is 0. The summed E-state index contributed by atoms with van der Waals surface area (Å²) in [5.74, 6) is 4.54. The molecule has 1 fully saturated rings. The van der Waals surface area contributed by atoms with Gasteiger partial charge >= 0.3 is 0 Å². The number of aliphatic hydroxyl groups excluding tert-OH is 2. The molecule has 286 valence electrons. The van der Waals surface area contributed by atoms with Gasteiger partial charge in [0.15, 0.2) is 23.0 Å². The van der Waals surface area contributed by atoms with Crippen LogP contribution in [0.4, 0.5) is 0 Å². The minimum Gasteiger partial charge on any atom is -0.493 e.